The molecule has 0 spiro atoms. The summed E-state index contributed by atoms with van der Waals surface area (Å²) in [6.45, 7) is 1.81. The third-order valence-electron chi connectivity index (χ3n) is 4.03. The molecule has 0 aliphatic carbocycles. The molecule has 0 saturated heterocycles. The Hall–Kier alpha value is -2.73. The molecule has 1 aliphatic rings. The van der Waals surface area contributed by atoms with Crippen LogP contribution in [0.25, 0.3) is 11.0 Å². The van der Waals surface area contributed by atoms with Gasteiger partial charge < -0.3 is 4.90 Å². The summed E-state index contributed by atoms with van der Waals surface area (Å²) in [5.41, 5.74) is 1.95. The zero-order valence-electron chi connectivity index (χ0n) is 13.2. The molecule has 0 fully saturated rings. The Labute approximate surface area is 147 Å². The van der Waals surface area contributed by atoms with Crippen molar-refractivity contribution in [3.8, 4) is 0 Å². The molecule has 25 heavy (non-hydrogen) atoms. The van der Waals surface area contributed by atoms with Gasteiger partial charge >= 0.3 is 0 Å². The Morgan fingerprint density at radius 1 is 1.08 bits per heavy atom. The average molecular weight is 359 g/mol. The number of hydrogen-bond donors (Lipinski definition) is 0. The van der Waals surface area contributed by atoms with Crippen molar-refractivity contribution in [3.63, 3.8) is 0 Å². The predicted molar refractivity (Wildman–Crippen MR) is 95.1 cm³/mol. The number of benzene rings is 2. The van der Waals surface area contributed by atoms with Crippen LogP contribution in [0.15, 0.2) is 59.5 Å². The number of imidazole rings is 1. The van der Waals surface area contributed by atoms with Gasteiger partial charge in [-0.25, -0.2) is 18.8 Å². The molecule has 0 N–H and O–H groups in total. The number of aliphatic imine (C=N–C) groups is 1. The number of hydrogen-bond acceptors (Lipinski definition) is 3. The molecular formula is C18H13ClF2N4. The molecule has 1 aliphatic heterocycles. The van der Waals surface area contributed by atoms with Gasteiger partial charge in [-0.05, 0) is 49.4 Å². The van der Waals surface area contributed by atoms with Crippen molar-refractivity contribution in [2.75, 3.05) is 4.90 Å². The van der Waals surface area contributed by atoms with Crippen LogP contribution in [-0.4, -0.2) is 15.8 Å². The van der Waals surface area contributed by atoms with E-state index in [1.54, 1.807) is 39.8 Å². The molecule has 4 rings (SSSR count). The van der Waals surface area contributed by atoms with Crippen LogP contribution in [0.3, 0.4) is 0 Å². The summed E-state index contributed by atoms with van der Waals surface area (Å²) < 4.78 is 29.4. The summed E-state index contributed by atoms with van der Waals surface area (Å²) in [6, 6.07) is 11.4. The molecule has 2 heterocycles. The first-order valence-corrected chi connectivity index (χ1v) is 7.99. The molecule has 126 valence electrons. The van der Waals surface area contributed by atoms with E-state index in [1.807, 2.05) is 6.92 Å². The van der Waals surface area contributed by atoms with E-state index in [0.717, 1.165) is 6.21 Å². The highest BCUT2D eigenvalue weighted by Crippen LogP contribution is 2.32. The van der Waals surface area contributed by atoms with Crippen LogP contribution in [0.4, 0.5) is 14.5 Å². The van der Waals surface area contributed by atoms with E-state index in [4.69, 9.17) is 11.6 Å². The predicted octanol–water partition coefficient (Wildman–Crippen LogP) is 5.00. The first kappa shape index (κ1) is 15.8. The van der Waals surface area contributed by atoms with Crippen molar-refractivity contribution in [1.29, 1.82) is 0 Å². The number of fused-ring (bicyclic) bond motifs is 1. The summed E-state index contributed by atoms with van der Waals surface area (Å²) in [5, 5.41) is 0.580. The monoisotopic (exact) mass is 358 g/mol. The lowest BCUT2D eigenvalue weighted by molar-refractivity contribution is 0.513. The molecule has 3 aromatic rings. The van der Waals surface area contributed by atoms with E-state index in [1.165, 1.54) is 18.3 Å². The van der Waals surface area contributed by atoms with Gasteiger partial charge in [-0.1, -0.05) is 11.6 Å². The van der Waals surface area contributed by atoms with E-state index < -0.39 is 12.1 Å². The van der Waals surface area contributed by atoms with Crippen molar-refractivity contribution in [3.05, 3.63) is 71.2 Å². The second-order valence-corrected chi connectivity index (χ2v) is 6.12. The van der Waals surface area contributed by atoms with Crippen molar-refractivity contribution < 1.29 is 8.78 Å². The highest BCUT2D eigenvalue weighted by Gasteiger charge is 2.25. The second-order valence-electron chi connectivity index (χ2n) is 5.68. The van der Waals surface area contributed by atoms with Crippen molar-refractivity contribution in [2.24, 2.45) is 4.99 Å². The number of allylic oxidation sites excluding steroid dienone is 1. The van der Waals surface area contributed by atoms with Gasteiger partial charge in [0.1, 0.15) is 11.6 Å². The van der Waals surface area contributed by atoms with Gasteiger partial charge in [-0.3, -0.25) is 4.57 Å². The molecule has 1 atom stereocenters. The lowest BCUT2D eigenvalue weighted by atomic mass is 10.2. The summed E-state index contributed by atoms with van der Waals surface area (Å²) >= 11 is 5.94. The number of halogens is 3. The zero-order valence-corrected chi connectivity index (χ0v) is 14.0. The van der Waals surface area contributed by atoms with E-state index in [9.17, 15) is 8.78 Å². The molecule has 0 amide bonds. The van der Waals surface area contributed by atoms with Gasteiger partial charge in [-0.15, -0.1) is 0 Å². The van der Waals surface area contributed by atoms with E-state index >= 15 is 0 Å². The summed E-state index contributed by atoms with van der Waals surface area (Å²) in [7, 11) is 0. The fourth-order valence-corrected chi connectivity index (χ4v) is 3.06. The van der Waals surface area contributed by atoms with Crippen LogP contribution < -0.4 is 4.90 Å². The topological polar surface area (TPSA) is 33.4 Å². The van der Waals surface area contributed by atoms with Crippen molar-refractivity contribution in [2.45, 2.75) is 13.2 Å². The average Bonchev–Trinajstić information content (AvgIpc) is 2.91. The summed E-state index contributed by atoms with van der Waals surface area (Å²) in [6.07, 6.45) is 1.89. The Morgan fingerprint density at radius 2 is 1.84 bits per heavy atom. The molecular weight excluding hydrogens is 346 g/mol. The maximum absolute atomic E-state index is 13.9. The minimum Gasteiger partial charge on any atom is -0.305 e. The minimum atomic E-state index is -0.618. The van der Waals surface area contributed by atoms with Gasteiger partial charge in [-0.2, -0.15) is 0 Å². The standard InChI is InChI=1S/C18H13ClF2N4/c1-11-23-16-7-4-13(20)8-17(16)25(11)18-22-9-14(21)10-24(18)15-5-2-12(19)3-6-15/h2-10,18H,1H3. The number of anilines is 1. The fraction of sp³-hybridized carbons (Fsp3) is 0.111. The van der Waals surface area contributed by atoms with Crippen molar-refractivity contribution >= 4 is 34.5 Å². The Kier molecular flexibility index (Phi) is 3.77. The molecule has 0 bridgehead atoms. The van der Waals surface area contributed by atoms with E-state index in [-0.39, 0.29) is 5.82 Å². The van der Waals surface area contributed by atoms with Gasteiger partial charge in [0.05, 0.1) is 17.2 Å². The molecule has 0 saturated carbocycles. The third kappa shape index (κ3) is 2.78. The Morgan fingerprint density at radius 3 is 2.60 bits per heavy atom. The first-order chi connectivity index (χ1) is 12.0. The Bertz CT molecular complexity index is 1010. The van der Waals surface area contributed by atoms with Crippen LogP contribution in [0.5, 0.6) is 0 Å². The van der Waals surface area contributed by atoms with Gasteiger partial charge in [0.15, 0.2) is 5.83 Å². The third-order valence-corrected chi connectivity index (χ3v) is 4.28. The van der Waals surface area contributed by atoms with Crippen LogP contribution in [0, 0.1) is 12.7 Å². The van der Waals surface area contributed by atoms with Crippen LogP contribution in [0.1, 0.15) is 12.1 Å². The minimum absolute atomic E-state index is 0.367. The molecule has 1 unspecified atom stereocenters. The normalized spacial score (nSPS) is 17.2. The highest BCUT2D eigenvalue weighted by atomic mass is 35.5. The number of nitrogens with zero attached hydrogens (tertiary/aromatic N) is 4. The highest BCUT2D eigenvalue weighted by molar-refractivity contribution is 6.30. The van der Waals surface area contributed by atoms with Gasteiger partial charge in [0, 0.05) is 16.9 Å². The number of rotatable bonds is 2. The van der Waals surface area contributed by atoms with Gasteiger partial charge in [0.2, 0.25) is 6.29 Å². The maximum Gasteiger partial charge on any atom is 0.208 e. The number of aryl methyl sites for hydroxylation is 1. The molecule has 1 aromatic heterocycles. The lowest BCUT2D eigenvalue weighted by Gasteiger charge is -2.31. The first-order valence-electron chi connectivity index (χ1n) is 7.61. The summed E-state index contributed by atoms with van der Waals surface area (Å²) in [4.78, 5) is 10.4. The van der Waals surface area contributed by atoms with E-state index in [2.05, 4.69) is 9.98 Å². The summed E-state index contributed by atoms with van der Waals surface area (Å²) in [5.74, 6) is -0.190. The smallest absolute Gasteiger partial charge is 0.208 e. The lowest BCUT2D eigenvalue weighted by Crippen LogP contribution is -2.30. The van der Waals surface area contributed by atoms with Crippen LogP contribution >= 0.6 is 11.6 Å². The Balaban J connectivity index is 1.88. The zero-order chi connectivity index (χ0) is 17.6. The van der Waals surface area contributed by atoms with Crippen molar-refractivity contribution in [1.82, 2.24) is 9.55 Å². The number of aromatic nitrogens is 2. The molecule has 2 aromatic carbocycles. The maximum atomic E-state index is 13.9. The van der Waals surface area contributed by atoms with E-state index in [0.29, 0.717) is 27.6 Å². The fourth-order valence-electron chi connectivity index (χ4n) is 2.93. The second kappa shape index (κ2) is 5.97. The van der Waals surface area contributed by atoms with Crippen LogP contribution in [-0.2, 0) is 0 Å². The van der Waals surface area contributed by atoms with Gasteiger partial charge in [0.25, 0.3) is 0 Å². The SMILES string of the molecule is Cc1nc2ccc(F)cc2n1C1N=CC(F)=CN1c1ccc(Cl)cc1. The largest absolute Gasteiger partial charge is 0.305 e. The molecule has 7 heteroatoms. The molecule has 0 radical (unpaired) electrons. The molecule has 4 nitrogen and oxygen atoms in total. The quantitative estimate of drug-likeness (QED) is 0.646. The van der Waals surface area contributed by atoms with Crippen LogP contribution in [0.2, 0.25) is 5.02 Å².